The van der Waals surface area contributed by atoms with Crippen LogP contribution in [0.1, 0.15) is 18.3 Å². The van der Waals surface area contributed by atoms with E-state index < -0.39 is 0 Å². The molecule has 0 spiro atoms. The van der Waals surface area contributed by atoms with E-state index in [1.807, 2.05) is 6.92 Å². The Morgan fingerprint density at radius 1 is 1.26 bits per heavy atom. The van der Waals surface area contributed by atoms with Crippen LogP contribution in [0.5, 0.6) is 0 Å². The Balaban J connectivity index is 2.14. The van der Waals surface area contributed by atoms with E-state index in [0.29, 0.717) is 30.3 Å². The molecular weight excluding hydrogens is 267 g/mol. The molecule has 0 bridgehead atoms. The Kier molecular flexibility index (Phi) is 4.16. The van der Waals surface area contributed by atoms with E-state index in [-0.39, 0.29) is 11.0 Å². The van der Waals surface area contributed by atoms with Crippen LogP contribution in [-0.4, -0.2) is 9.97 Å². The smallest absolute Gasteiger partial charge is 0.157 e. The Hall–Kier alpha value is -1.88. The second-order valence-corrected chi connectivity index (χ2v) is 4.38. The van der Waals surface area contributed by atoms with Crippen molar-refractivity contribution in [2.45, 2.75) is 19.9 Å². The molecule has 0 unspecified atom stereocenters. The van der Waals surface area contributed by atoms with Gasteiger partial charge in [-0.25, -0.2) is 14.4 Å². The van der Waals surface area contributed by atoms with E-state index in [2.05, 4.69) is 15.3 Å². The predicted molar refractivity (Wildman–Crippen MR) is 74.6 cm³/mol. The van der Waals surface area contributed by atoms with Gasteiger partial charge in [0.2, 0.25) is 0 Å². The molecule has 1 aromatic heterocycles. The van der Waals surface area contributed by atoms with Gasteiger partial charge in [-0.1, -0.05) is 30.7 Å². The molecule has 3 N–H and O–H groups in total. The van der Waals surface area contributed by atoms with Crippen LogP contribution in [0.2, 0.25) is 5.15 Å². The Morgan fingerprint density at radius 3 is 2.58 bits per heavy atom. The maximum Gasteiger partial charge on any atom is 0.157 e. The molecule has 0 atom stereocenters. The summed E-state index contributed by atoms with van der Waals surface area (Å²) in [5.74, 6) is 0.864. The van der Waals surface area contributed by atoms with Gasteiger partial charge in [0, 0.05) is 13.0 Å². The molecule has 0 aliphatic heterocycles. The van der Waals surface area contributed by atoms with Crippen molar-refractivity contribution in [3.8, 4) is 0 Å². The van der Waals surface area contributed by atoms with Crippen LogP contribution >= 0.6 is 11.6 Å². The molecule has 0 aliphatic carbocycles. The Morgan fingerprint density at radius 2 is 1.95 bits per heavy atom. The maximum absolute atomic E-state index is 12.8. The lowest BCUT2D eigenvalue weighted by Gasteiger charge is -2.10. The van der Waals surface area contributed by atoms with Gasteiger partial charge >= 0.3 is 0 Å². The van der Waals surface area contributed by atoms with Crippen LogP contribution in [0.3, 0.4) is 0 Å². The molecule has 0 amide bonds. The molecular formula is C13H14ClFN4. The number of aromatic nitrogens is 2. The standard InChI is InChI=1S/C13H14ClFN4/c1-2-10-18-12(14)11(16)13(19-10)17-7-8-3-5-9(15)6-4-8/h3-6H,2,7,16H2,1H3,(H,17,18,19). The number of nitrogens with two attached hydrogens (primary N) is 1. The summed E-state index contributed by atoms with van der Waals surface area (Å²) < 4.78 is 12.8. The third-order valence-corrected chi connectivity index (χ3v) is 2.92. The van der Waals surface area contributed by atoms with Gasteiger partial charge in [-0.15, -0.1) is 0 Å². The van der Waals surface area contributed by atoms with Crippen molar-refractivity contribution in [3.63, 3.8) is 0 Å². The van der Waals surface area contributed by atoms with Gasteiger partial charge in [-0.3, -0.25) is 0 Å². The Bertz CT molecular complexity index is 572. The summed E-state index contributed by atoms with van der Waals surface area (Å²) in [5, 5.41) is 3.33. The number of hydrogen-bond donors (Lipinski definition) is 2. The van der Waals surface area contributed by atoms with E-state index >= 15 is 0 Å². The van der Waals surface area contributed by atoms with E-state index in [1.165, 1.54) is 12.1 Å². The number of hydrogen-bond acceptors (Lipinski definition) is 4. The van der Waals surface area contributed by atoms with Crippen molar-refractivity contribution in [2.75, 3.05) is 11.1 Å². The van der Waals surface area contributed by atoms with Gasteiger partial charge in [-0.05, 0) is 17.7 Å². The zero-order chi connectivity index (χ0) is 13.8. The van der Waals surface area contributed by atoms with Crippen LogP contribution in [-0.2, 0) is 13.0 Å². The summed E-state index contributed by atoms with van der Waals surface area (Å²) in [6, 6.07) is 6.21. The SMILES string of the molecule is CCc1nc(Cl)c(N)c(NCc2ccc(F)cc2)n1. The van der Waals surface area contributed by atoms with E-state index in [1.54, 1.807) is 12.1 Å². The summed E-state index contributed by atoms with van der Waals surface area (Å²) in [4.78, 5) is 8.34. The fourth-order valence-corrected chi connectivity index (χ4v) is 1.75. The summed E-state index contributed by atoms with van der Waals surface area (Å²) in [6.07, 6.45) is 0.672. The average molecular weight is 281 g/mol. The largest absolute Gasteiger partial charge is 0.393 e. The zero-order valence-corrected chi connectivity index (χ0v) is 11.2. The number of anilines is 2. The average Bonchev–Trinajstić information content (AvgIpc) is 2.42. The summed E-state index contributed by atoms with van der Waals surface area (Å²) >= 11 is 5.93. The van der Waals surface area contributed by atoms with Crippen molar-refractivity contribution in [3.05, 3.63) is 46.6 Å². The van der Waals surface area contributed by atoms with Gasteiger partial charge in [0.15, 0.2) is 11.0 Å². The molecule has 6 heteroatoms. The highest BCUT2D eigenvalue weighted by molar-refractivity contribution is 6.32. The Labute approximate surface area is 115 Å². The topological polar surface area (TPSA) is 63.8 Å². The number of nitrogens with one attached hydrogen (secondary N) is 1. The third-order valence-electron chi connectivity index (χ3n) is 2.63. The summed E-state index contributed by atoms with van der Waals surface area (Å²) in [5.41, 5.74) is 7.06. The van der Waals surface area contributed by atoms with Crippen molar-refractivity contribution >= 4 is 23.1 Å². The molecule has 4 nitrogen and oxygen atoms in total. The summed E-state index contributed by atoms with van der Waals surface area (Å²) in [6.45, 7) is 2.42. The number of rotatable bonds is 4. The normalized spacial score (nSPS) is 10.5. The quantitative estimate of drug-likeness (QED) is 0.845. The van der Waals surface area contributed by atoms with Gasteiger partial charge in [0.25, 0.3) is 0 Å². The molecule has 0 aliphatic rings. The van der Waals surface area contributed by atoms with Crippen molar-refractivity contribution in [1.29, 1.82) is 0 Å². The molecule has 0 fully saturated rings. The highest BCUT2D eigenvalue weighted by Crippen LogP contribution is 2.24. The van der Waals surface area contributed by atoms with Crippen LogP contribution in [0, 0.1) is 5.82 Å². The van der Waals surface area contributed by atoms with Crippen LogP contribution < -0.4 is 11.1 Å². The van der Waals surface area contributed by atoms with Gasteiger partial charge in [-0.2, -0.15) is 0 Å². The van der Waals surface area contributed by atoms with Crippen LogP contribution in [0.4, 0.5) is 15.9 Å². The number of nitrogens with zero attached hydrogens (tertiary/aromatic N) is 2. The first-order valence-electron chi connectivity index (χ1n) is 5.90. The monoisotopic (exact) mass is 280 g/mol. The van der Waals surface area contributed by atoms with Gasteiger partial charge < -0.3 is 11.1 Å². The van der Waals surface area contributed by atoms with Crippen molar-refractivity contribution in [2.24, 2.45) is 0 Å². The zero-order valence-electron chi connectivity index (χ0n) is 10.5. The minimum absolute atomic E-state index is 0.244. The first kappa shape index (κ1) is 13.5. The van der Waals surface area contributed by atoms with Crippen molar-refractivity contribution < 1.29 is 4.39 Å². The number of aryl methyl sites for hydroxylation is 1. The first-order chi connectivity index (χ1) is 9.10. The number of benzene rings is 1. The maximum atomic E-state index is 12.8. The highest BCUT2D eigenvalue weighted by atomic mass is 35.5. The second kappa shape index (κ2) is 5.84. The molecule has 0 saturated heterocycles. The number of halogens is 2. The minimum Gasteiger partial charge on any atom is -0.393 e. The molecule has 0 radical (unpaired) electrons. The number of nitrogen functional groups attached to an aromatic ring is 1. The van der Waals surface area contributed by atoms with E-state index in [9.17, 15) is 4.39 Å². The first-order valence-corrected chi connectivity index (χ1v) is 6.28. The van der Waals surface area contributed by atoms with Gasteiger partial charge in [0.05, 0.1) is 0 Å². The van der Waals surface area contributed by atoms with Crippen LogP contribution in [0.25, 0.3) is 0 Å². The molecule has 1 heterocycles. The molecule has 1 aromatic carbocycles. The lowest BCUT2D eigenvalue weighted by atomic mass is 10.2. The minimum atomic E-state index is -0.262. The fraction of sp³-hybridized carbons (Fsp3) is 0.231. The second-order valence-electron chi connectivity index (χ2n) is 4.03. The van der Waals surface area contributed by atoms with E-state index in [4.69, 9.17) is 17.3 Å². The van der Waals surface area contributed by atoms with Crippen LogP contribution in [0.15, 0.2) is 24.3 Å². The lowest BCUT2D eigenvalue weighted by Crippen LogP contribution is -2.08. The summed E-state index contributed by atoms with van der Waals surface area (Å²) in [7, 11) is 0. The third kappa shape index (κ3) is 3.32. The molecule has 100 valence electrons. The van der Waals surface area contributed by atoms with Gasteiger partial charge in [0.1, 0.15) is 17.3 Å². The fourth-order valence-electron chi connectivity index (χ4n) is 1.57. The van der Waals surface area contributed by atoms with Crippen molar-refractivity contribution in [1.82, 2.24) is 9.97 Å². The molecule has 2 aromatic rings. The predicted octanol–water partition coefficient (Wildman–Crippen LogP) is 3.03. The lowest BCUT2D eigenvalue weighted by molar-refractivity contribution is 0.627. The molecule has 0 saturated carbocycles. The molecule has 2 rings (SSSR count). The highest BCUT2D eigenvalue weighted by Gasteiger charge is 2.09. The molecule has 19 heavy (non-hydrogen) atoms. The van der Waals surface area contributed by atoms with E-state index in [0.717, 1.165) is 5.56 Å².